The molecule has 6 aliphatic carbocycles. The van der Waals surface area contributed by atoms with Gasteiger partial charge in [0, 0.05) is 16.7 Å². The number of aromatic hydroxyl groups is 1. The number of allylic oxidation sites excluding steroid dienone is 3. The Morgan fingerprint density at radius 1 is 0.857 bits per heavy atom. The number of rotatable bonds is 12. The van der Waals surface area contributed by atoms with Crippen LogP contribution >= 0.6 is 0 Å². The number of benzene rings is 3. The van der Waals surface area contributed by atoms with Crippen molar-refractivity contribution in [1.29, 1.82) is 0 Å². The third-order valence-electron chi connectivity index (χ3n) is 15.1. The second-order valence-corrected chi connectivity index (χ2v) is 18.2. The van der Waals surface area contributed by atoms with Crippen molar-refractivity contribution in [2.75, 3.05) is 6.54 Å². The SMILES string of the molecule is NCCC1=CC(C(C=O)CCCCCC2CC3=CCC(C(=O)O)C4(CCC5C=c6ccccc6=CC5C4)c4cccc(c4)CC2(c2ccc(O)cc2)CC3)CC1. The van der Waals surface area contributed by atoms with Crippen LogP contribution in [0.15, 0.2) is 96.1 Å². The van der Waals surface area contributed by atoms with Crippen LogP contribution in [0.4, 0.5) is 0 Å². The van der Waals surface area contributed by atoms with Crippen LogP contribution in [0.25, 0.3) is 12.2 Å². The normalized spacial score (nSPS) is 30.0. The summed E-state index contributed by atoms with van der Waals surface area (Å²) in [5, 5.41) is 24.1. The van der Waals surface area contributed by atoms with E-state index in [1.54, 1.807) is 0 Å². The van der Waals surface area contributed by atoms with Gasteiger partial charge < -0.3 is 20.7 Å². The van der Waals surface area contributed by atoms with Gasteiger partial charge in [-0.25, -0.2) is 0 Å². The Kier molecular flexibility index (Phi) is 11.5. The van der Waals surface area contributed by atoms with Gasteiger partial charge in [0.1, 0.15) is 12.0 Å². The van der Waals surface area contributed by atoms with Crippen molar-refractivity contribution in [3.8, 4) is 5.75 Å². The van der Waals surface area contributed by atoms with Gasteiger partial charge in [-0.05, 0) is 153 Å². The molecule has 3 aromatic rings. The lowest BCUT2D eigenvalue weighted by Crippen LogP contribution is -2.47. The molecule has 2 fully saturated rings. The zero-order chi connectivity index (χ0) is 38.7. The number of carboxylic acids is 1. The minimum atomic E-state index is -0.675. The number of phenolic OH excluding ortho intramolecular Hbond substituents is 1. The maximum absolute atomic E-state index is 13.5. The Morgan fingerprint density at radius 2 is 1.66 bits per heavy atom. The molecule has 0 heterocycles. The summed E-state index contributed by atoms with van der Waals surface area (Å²) in [6.07, 6.45) is 26.2. The number of aliphatic carboxylic acids is 1. The highest BCUT2D eigenvalue weighted by molar-refractivity contribution is 5.73. The first-order valence-corrected chi connectivity index (χ1v) is 21.7. The smallest absolute Gasteiger partial charge is 0.307 e. The summed E-state index contributed by atoms with van der Waals surface area (Å²) >= 11 is 0. The lowest BCUT2D eigenvalue weighted by molar-refractivity contribution is -0.145. The van der Waals surface area contributed by atoms with Gasteiger partial charge in [0.15, 0.2) is 0 Å². The largest absolute Gasteiger partial charge is 0.508 e. The number of hydrogen-bond donors (Lipinski definition) is 3. The van der Waals surface area contributed by atoms with E-state index in [0.29, 0.717) is 42.4 Å². The van der Waals surface area contributed by atoms with Crippen LogP contribution in [-0.2, 0) is 26.8 Å². The summed E-state index contributed by atoms with van der Waals surface area (Å²) in [5.74, 6) is 0.691. The maximum Gasteiger partial charge on any atom is 0.307 e. The predicted molar refractivity (Wildman–Crippen MR) is 225 cm³/mol. The van der Waals surface area contributed by atoms with E-state index in [9.17, 15) is 19.8 Å². The molecule has 4 bridgehead atoms. The molecule has 5 heteroatoms. The molecular weight excluding hydrogens is 691 g/mol. The van der Waals surface area contributed by atoms with E-state index < -0.39 is 17.3 Å². The van der Waals surface area contributed by atoms with Gasteiger partial charge in [0.05, 0.1) is 5.92 Å². The van der Waals surface area contributed by atoms with Crippen molar-refractivity contribution >= 4 is 24.4 Å². The lowest BCUT2D eigenvalue weighted by atomic mass is 9.54. The molecule has 2 saturated carbocycles. The third-order valence-corrected chi connectivity index (χ3v) is 15.1. The molecule has 4 N–H and O–H groups in total. The van der Waals surface area contributed by atoms with E-state index in [-0.39, 0.29) is 11.3 Å². The van der Waals surface area contributed by atoms with Crippen molar-refractivity contribution in [1.82, 2.24) is 0 Å². The first-order chi connectivity index (χ1) is 27.3. The predicted octanol–water partition coefficient (Wildman–Crippen LogP) is 9.08. The van der Waals surface area contributed by atoms with E-state index in [1.165, 1.54) is 44.6 Å². The van der Waals surface area contributed by atoms with E-state index in [1.807, 2.05) is 12.1 Å². The molecule has 8 unspecified atom stereocenters. The number of hydrogen-bond acceptors (Lipinski definition) is 4. The minimum Gasteiger partial charge on any atom is -0.508 e. The Morgan fingerprint density at radius 3 is 2.43 bits per heavy atom. The molecule has 1 spiro atoms. The second-order valence-electron chi connectivity index (χ2n) is 18.2. The van der Waals surface area contributed by atoms with Gasteiger partial charge in [-0.1, -0.05) is 115 Å². The molecule has 0 aliphatic heterocycles. The summed E-state index contributed by atoms with van der Waals surface area (Å²) in [6.45, 7) is 0.675. The summed E-state index contributed by atoms with van der Waals surface area (Å²) in [7, 11) is 0. The maximum atomic E-state index is 13.5. The molecule has 6 aliphatic rings. The van der Waals surface area contributed by atoms with Crippen molar-refractivity contribution in [2.24, 2.45) is 41.2 Å². The number of phenols is 1. The monoisotopic (exact) mass is 751 g/mol. The summed E-state index contributed by atoms with van der Waals surface area (Å²) in [6, 6.07) is 25.8. The summed E-state index contributed by atoms with van der Waals surface area (Å²) in [5.41, 5.74) is 11.9. The number of aldehydes is 1. The quantitative estimate of drug-likeness (QED) is 0.0975. The highest BCUT2D eigenvalue weighted by atomic mass is 16.4. The number of carbonyl (C=O) groups excluding carboxylic acids is 1. The average molecular weight is 752 g/mol. The molecular formula is C51H61NO4. The Balaban J connectivity index is 1.09. The van der Waals surface area contributed by atoms with Crippen molar-refractivity contribution < 1.29 is 19.8 Å². The highest BCUT2D eigenvalue weighted by Crippen LogP contribution is 2.55. The third kappa shape index (κ3) is 7.73. The molecule has 0 saturated heterocycles. The number of unbranched alkanes of at least 4 members (excludes halogenated alkanes) is 2. The number of carboxylic acid groups (broad SMARTS) is 1. The summed E-state index contributed by atoms with van der Waals surface area (Å²) in [4.78, 5) is 25.7. The first-order valence-electron chi connectivity index (χ1n) is 21.7. The molecule has 294 valence electrons. The van der Waals surface area contributed by atoms with Crippen molar-refractivity contribution in [2.45, 2.75) is 114 Å². The van der Waals surface area contributed by atoms with Crippen molar-refractivity contribution in [3.63, 3.8) is 0 Å². The minimum absolute atomic E-state index is 0.0915. The molecule has 56 heavy (non-hydrogen) atoms. The lowest BCUT2D eigenvalue weighted by Gasteiger charge is -2.49. The zero-order valence-electron chi connectivity index (χ0n) is 33.1. The molecule has 8 atom stereocenters. The first kappa shape index (κ1) is 38.6. The number of carbonyl (C=O) groups is 2. The molecule has 0 amide bonds. The van der Waals surface area contributed by atoms with Gasteiger partial charge in [-0.15, -0.1) is 0 Å². The van der Waals surface area contributed by atoms with E-state index in [0.717, 1.165) is 96.3 Å². The molecule has 3 aromatic carbocycles. The van der Waals surface area contributed by atoms with Crippen LogP contribution in [0.5, 0.6) is 5.75 Å². The average Bonchev–Trinajstić information content (AvgIpc) is 3.67. The molecule has 0 radical (unpaired) electrons. The van der Waals surface area contributed by atoms with Gasteiger partial charge in [0.25, 0.3) is 0 Å². The fraction of sp³-hybridized carbons (Fsp3) is 0.490. The van der Waals surface area contributed by atoms with Gasteiger partial charge >= 0.3 is 5.97 Å². The topological polar surface area (TPSA) is 101 Å². The number of fused-ring (bicyclic) bond motifs is 6. The van der Waals surface area contributed by atoms with Crippen LogP contribution in [0.1, 0.15) is 113 Å². The van der Waals surface area contributed by atoms with E-state index in [2.05, 4.69) is 85.0 Å². The molecule has 9 rings (SSSR count). The van der Waals surface area contributed by atoms with Crippen LogP contribution in [-0.4, -0.2) is 29.0 Å². The van der Waals surface area contributed by atoms with E-state index in [4.69, 9.17) is 5.73 Å². The zero-order valence-corrected chi connectivity index (χ0v) is 33.1. The number of nitrogens with two attached hydrogens (primary N) is 1. The van der Waals surface area contributed by atoms with E-state index >= 15 is 0 Å². The standard InChI is InChI=1S/C51H61NO4/c52-26-23-36-13-15-40(27-36)42(34-53)10-2-1-3-11-45-28-35-14-20-48(49(55)56)51(25-22-41-30-38-8-4-5-9-39(38)31-43(41)33-51)46-12-6-7-37(29-46)32-50(45,24-21-35)44-16-18-47(54)19-17-44/h4-9,12,14,16-19,27,29-31,34,40-43,45,48,54H,1-3,10-11,13,15,20-26,28,32-33,52H2,(H,55,56). The fourth-order valence-corrected chi connectivity index (χ4v) is 12.1. The fourth-order valence-electron chi connectivity index (χ4n) is 12.1. The highest BCUT2D eigenvalue weighted by Gasteiger charge is 2.50. The second kappa shape index (κ2) is 16.7. The van der Waals surface area contributed by atoms with Gasteiger partial charge in [-0.2, -0.15) is 0 Å². The van der Waals surface area contributed by atoms with Crippen LogP contribution < -0.4 is 16.2 Å². The Bertz CT molecular complexity index is 2080. The van der Waals surface area contributed by atoms with Gasteiger partial charge in [0.2, 0.25) is 0 Å². The van der Waals surface area contributed by atoms with Crippen LogP contribution in [0, 0.1) is 35.5 Å². The molecule has 5 nitrogen and oxygen atoms in total. The van der Waals surface area contributed by atoms with Gasteiger partial charge in [-0.3, -0.25) is 4.79 Å². The van der Waals surface area contributed by atoms with Crippen LogP contribution in [0.3, 0.4) is 0 Å². The Hall–Kier alpha value is -4.22. The molecule has 0 aromatic heterocycles. The van der Waals surface area contributed by atoms with Crippen LogP contribution in [0.2, 0.25) is 0 Å². The van der Waals surface area contributed by atoms with Crippen molar-refractivity contribution in [3.05, 3.63) is 123 Å². The Labute approximate surface area is 333 Å². The summed E-state index contributed by atoms with van der Waals surface area (Å²) < 4.78 is 0.